The largest absolute Gasteiger partial charge is 0.353 e. The van der Waals surface area contributed by atoms with Gasteiger partial charge in [0.15, 0.2) is 0 Å². The molecule has 0 spiro atoms. The molecule has 1 atom stereocenters. The van der Waals surface area contributed by atoms with Crippen molar-refractivity contribution in [1.82, 2.24) is 5.32 Å². The third-order valence-electron chi connectivity index (χ3n) is 4.42. The lowest BCUT2D eigenvalue weighted by atomic mass is 10.1. The lowest BCUT2D eigenvalue weighted by Gasteiger charge is -2.29. The highest BCUT2D eigenvalue weighted by atomic mass is 32.2. The topological polar surface area (TPSA) is 55.1 Å². The molecule has 1 fully saturated rings. The number of aryl methyl sites for hydroxylation is 1. The van der Waals surface area contributed by atoms with Crippen LogP contribution in [0.2, 0.25) is 0 Å². The molecule has 0 radical (unpaired) electrons. The van der Waals surface area contributed by atoms with Crippen molar-refractivity contribution >= 4 is 29.4 Å². The van der Waals surface area contributed by atoms with Gasteiger partial charge in [0.2, 0.25) is 5.91 Å². The fraction of sp³-hybridized carbons (Fsp3) is 0.611. The molecule has 0 aliphatic heterocycles. The van der Waals surface area contributed by atoms with Crippen LogP contribution in [0.15, 0.2) is 29.2 Å². The second-order valence-corrected chi connectivity index (χ2v) is 8.94. The Kier molecular flexibility index (Phi) is 7.31. The van der Waals surface area contributed by atoms with Crippen molar-refractivity contribution in [2.75, 3.05) is 18.6 Å². The fourth-order valence-electron chi connectivity index (χ4n) is 2.95. The van der Waals surface area contributed by atoms with Crippen LogP contribution in [0.1, 0.15) is 37.7 Å². The van der Waals surface area contributed by atoms with Crippen molar-refractivity contribution in [3.63, 3.8) is 0 Å². The number of carbonyl (C=O) groups is 1. The van der Waals surface area contributed by atoms with Gasteiger partial charge in [0.05, 0.1) is 6.04 Å². The van der Waals surface area contributed by atoms with Crippen molar-refractivity contribution in [1.29, 1.82) is 0 Å². The van der Waals surface area contributed by atoms with Gasteiger partial charge in [0.1, 0.15) is 0 Å². The monoisotopic (exact) mass is 352 g/mol. The smallest absolute Gasteiger partial charge is 0.236 e. The highest BCUT2D eigenvalue weighted by Crippen LogP contribution is 2.44. The van der Waals surface area contributed by atoms with Gasteiger partial charge in [-0.1, -0.05) is 30.5 Å². The summed E-state index contributed by atoms with van der Waals surface area (Å²) < 4.78 is 0.129. The van der Waals surface area contributed by atoms with Gasteiger partial charge in [-0.15, -0.1) is 11.8 Å². The van der Waals surface area contributed by atoms with E-state index >= 15 is 0 Å². The molecule has 0 unspecified atom stereocenters. The first kappa shape index (κ1) is 18.7. The zero-order valence-electron chi connectivity index (χ0n) is 14.1. The molecule has 1 saturated carbocycles. The van der Waals surface area contributed by atoms with Crippen molar-refractivity contribution in [2.24, 2.45) is 5.73 Å². The number of thioether (sulfide) groups is 2. The molecule has 0 bridgehead atoms. The zero-order chi connectivity index (χ0) is 16.7. The van der Waals surface area contributed by atoms with Crippen LogP contribution in [0.25, 0.3) is 0 Å². The van der Waals surface area contributed by atoms with Gasteiger partial charge < -0.3 is 11.1 Å². The summed E-state index contributed by atoms with van der Waals surface area (Å²) in [6.07, 6.45) is 7.58. The number of rotatable bonds is 8. The highest BCUT2D eigenvalue weighted by molar-refractivity contribution is 8.00. The molecule has 1 amide bonds. The normalized spacial score (nSPS) is 17.9. The molecule has 0 aromatic heterocycles. The summed E-state index contributed by atoms with van der Waals surface area (Å²) in [5, 5.41) is 3.11. The van der Waals surface area contributed by atoms with Crippen LogP contribution in [0, 0.1) is 6.92 Å². The first-order valence-electron chi connectivity index (χ1n) is 8.33. The van der Waals surface area contributed by atoms with E-state index in [1.165, 1.54) is 23.3 Å². The van der Waals surface area contributed by atoms with E-state index in [1.807, 2.05) is 18.0 Å². The van der Waals surface area contributed by atoms with Crippen LogP contribution >= 0.6 is 23.5 Å². The first-order chi connectivity index (χ1) is 11.0. The first-order valence-corrected chi connectivity index (χ1v) is 10.5. The molecule has 128 valence electrons. The molecule has 0 heterocycles. The molecule has 5 heteroatoms. The number of hydrogen-bond donors (Lipinski definition) is 2. The maximum absolute atomic E-state index is 12.2. The summed E-state index contributed by atoms with van der Waals surface area (Å²) in [5.74, 6) is 0.924. The standard InChI is InChI=1S/C18H28N2OS2/c1-14-5-7-15(8-6-14)23-18(10-3-4-11-18)13-20-17(21)16(19)9-12-22-2/h5-8,16H,3-4,9-13,19H2,1-2H3,(H,20,21)/t16-/m0/s1. The Labute approximate surface area is 148 Å². The van der Waals surface area contributed by atoms with Gasteiger partial charge in [-0.05, 0) is 50.3 Å². The number of nitrogens with two attached hydrogens (primary N) is 1. The van der Waals surface area contributed by atoms with Gasteiger partial charge in [-0.25, -0.2) is 0 Å². The molecule has 1 aliphatic carbocycles. The average Bonchev–Trinajstić information content (AvgIpc) is 3.01. The molecule has 3 N–H and O–H groups in total. The average molecular weight is 353 g/mol. The van der Waals surface area contributed by atoms with Gasteiger partial charge in [0.25, 0.3) is 0 Å². The van der Waals surface area contributed by atoms with Crippen LogP contribution in [0.5, 0.6) is 0 Å². The van der Waals surface area contributed by atoms with Crippen molar-refractivity contribution in [2.45, 2.75) is 54.7 Å². The minimum Gasteiger partial charge on any atom is -0.353 e. The van der Waals surface area contributed by atoms with Crippen LogP contribution in [0.4, 0.5) is 0 Å². The van der Waals surface area contributed by atoms with Crippen molar-refractivity contribution in [3.05, 3.63) is 29.8 Å². The van der Waals surface area contributed by atoms with Crippen LogP contribution in [0.3, 0.4) is 0 Å². The predicted molar refractivity (Wildman–Crippen MR) is 102 cm³/mol. The Bertz CT molecular complexity index is 498. The molecule has 1 aliphatic rings. The predicted octanol–water partition coefficient (Wildman–Crippen LogP) is 3.60. The molecule has 1 aromatic rings. The van der Waals surface area contributed by atoms with Gasteiger partial charge in [-0.2, -0.15) is 11.8 Å². The number of benzene rings is 1. The number of nitrogens with one attached hydrogen (secondary N) is 1. The molecule has 0 saturated heterocycles. The fourth-order valence-corrected chi connectivity index (χ4v) is 4.84. The van der Waals surface area contributed by atoms with Gasteiger partial charge >= 0.3 is 0 Å². The van der Waals surface area contributed by atoms with E-state index in [2.05, 4.69) is 36.5 Å². The van der Waals surface area contributed by atoms with Crippen LogP contribution in [-0.2, 0) is 4.79 Å². The van der Waals surface area contributed by atoms with Crippen molar-refractivity contribution < 1.29 is 4.79 Å². The highest BCUT2D eigenvalue weighted by Gasteiger charge is 2.35. The summed E-state index contributed by atoms with van der Waals surface area (Å²) in [4.78, 5) is 13.5. The number of hydrogen-bond acceptors (Lipinski definition) is 4. The van der Waals surface area contributed by atoms with Crippen molar-refractivity contribution in [3.8, 4) is 0 Å². The van der Waals surface area contributed by atoms with Crippen LogP contribution < -0.4 is 11.1 Å². The Morgan fingerprint density at radius 1 is 1.30 bits per heavy atom. The van der Waals surface area contributed by atoms with E-state index in [-0.39, 0.29) is 16.7 Å². The summed E-state index contributed by atoms with van der Waals surface area (Å²) >= 11 is 3.65. The minimum absolute atomic E-state index is 0.00479. The molecule has 3 nitrogen and oxygen atoms in total. The maximum Gasteiger partial charge on any atom is 0.236 e. The maximum atomic E-state index is 12.2. The quantitative estimate of drug-likeness (QED) is 0.750. The van der Waals surface area contributed by atoms with E-state index in [1.54, 1.807) is 11.8 Å². The Hall–Kier alpha value is -0.650. The summed E-state index contributed by atoms with van der Waals surface area (Å²) in [7, 11) is 0. The summed E-state index contributed by atoms with van der Waals surface area (Å²) in [6, 6.07) is 8.30. The third kappa shape index (κ3) is 5.73. The van der Waals surface area contributed by atoms with Gasteiger partial charge in [0, 0.05) is 16.2 Å². The third-order valence-corrected chi connectivity index (χ3v) is 6.56. The second-order valence-electron chi connectivity index (χ2n) is 6.41. The molecular formula is C18H28N2OS2. The van der Waals surface area contributed by atoms with E-state index in [0.717, 1.165) is 31.6 Å². The molecule has 2 rings (SSSR count). The molecule has 1 aromatic carbocycles. The lowest BCUT2D eigenvalue weighted by molar-refractivity contribution is -0.122. The van der Waals surface area contributed by atoms with Crippen LogP contribution in [-0.4, -0.2) is 35.2 Å². The van der Waals surface area contributed by atoms with E-state index in [9.17, 15) is 4.79 Å². The zero-order valence-corrected chi connectivity index (χ0v) is 15.8. The number of amides is 1. The summed E-state index contributed by atoms with van der Waals surface area (Å²) in [5.41, 5.74) is 7.25. The second kappa shape index (κ2) is 9.00. The molecular weight excluding hydrogens is 324 g/mol. The van der Waals surface area contributed by atoms with E-state index in [0.29, 0.717) is 0 Å². The Morgan fingerprint density at radius 2 is 1.96 bits per heavy atom. The minimum atomic E-state index is -0.384. The van der Waals surface area contributed by atoms with E-state index in [4.69, 9.17) is 5.73 Å². The Balaban J connectivity index is 1.92. The SMILES string of the molecule is CSCC[C@H](N)C(=O)NCC1(Sc2ccc(C)cc2)CCCC1. The Morgan fingerprint density at radius 3 is 2.57 bits per heavy atom. The van der Waals surface area contributed by atoms with Gasteiger partial charge in [-0.3, -0.25) is 4.79 Å². The summed E-state index contributed by atoms with van der Waals surface area (Å²) in [6.45, 7) is 2.83. The lowest BCUT2D eigenvalue weighted by Crippen LogP contribution is -2.46. The molecule has 23 heavy (non-hydrogen) atoms. The number of carbonyl (C=O) groups excluding carboxylic acids is 1. The van der Waals surface area contributed by atoms with E-state index < -0.39 is 0 Å².